The minimum absolute atomic E-state index is 0.193. The molecule has 0 fully saturated rings. The Labute approximate surface area is 205 Å². The van der Waals surface area contributed by atoms with Crippen molar-refractivity contribution in [2.45, 2.75) is 26.9 Å². The molecule has 0 aliphatic rings. The van der Waals surface area contributed by atoms with Gasteiger partial charge >= 0.3 is 5.97 Å². The van der Waals surface area contributed by atoms with E-state index >= 15 is 0 Å². The number of ether oxygens (including phenoxy) is 3. The van der Waals surface area contributed by atoms with E-state index in [1.54, 1.807) is 37.6 Å². The molecular weight excluding hydrogens is 444 g/mol. The standard InChI is InChI=1S/C28H30N2O5/c1-20(2)18-35-28(32)23-10-12-25(13-11-23)34-19-24-15-22(9-14-26(24)33-3)17-29-30-27(31)16-21-7-5-4-6-8-21/h4-15,17,20H,16,18-19H2,1-3H3,(H,30,31)/b29-17+. The van der Waals surface area contributed by atoms with Crippen LogP contribution in [0.5, 0.6) is 11.5 Å². The third-order valence-corrected chi connectivity index (χ3v) is 4.95. The van der Waals surface area contributed by atoms with Crippen molar-refractivity contribution in [2.24, 2.45) is 11.0 Å². The summed E-state index contributed by atoms with van der Waals surface area (Å²) in [5.74, 6) is 1.02. The summed E-state index contributed by atoms with van der Waals surface area (Å²) in [6, 6.07) is 21.8. The molecule has 0 saturated heterocycles. The summed E-state index contributed by atoms with van der Waals surface area (Å²) < 4.78 is 16.6. The zero-order valence-corrected chi connectivity index (χ0v) is 20.2. The predicted molar refractivity (Wildman–Crippen MR) is 135 cm³/mol. The van der Waals surface area contributed by atoms with Crippen molar-refractivity contribution in [3.05, 3.63) is 95.1 Å². The van der Waals surface area contributed by atoms with Crippen LogP contribution in [0, 0.1) is 5.92 Å². The fourth-order valence-corrected chi connectivity index (χ4v) is 3.17. The lowest BCUT2D eigenvalue weighted by Crippen LogP contribution is -2.19. The predicted octanol–water partition coefficient (Wildman–Crippen LogP) is 4.78. The number of esters is 1. The first-order valence-corrected chi connectivity index (χ1v) is 11.4. The van der Waals surface area contributed by atoms with E-state index in [2.05, 4.69) is 10.5 Å². The second kappa shape index (κ2) is 12.9. The number of amides is 1. The molecule has 7 heteroatoms. The van der Waals surface area contributed by atoms with Crippen molar-refractivity contribution in [2.75, 3.05) is 13.7 Å². The van der Waals surface area contributed by atoms with E-state index in [1.807, 2.05) is 62.4 Å². The van der Waals surface area contributed by atoms with Crippen LogP contribution in [0.25, 0.3) is 0 Å². The van der Waals surface area contributed by atoms with Crippen LogP contribution >= 0.6 is 0 Å². The number of hydrogen-bond acceptors (Lipinski definition) is 6. The van der Waals surface area contributed by atoms with Crippen LogP contribution in [-0.4, -0.2) is 31.8 Å². The van der Waals surface area contributed by atoms with Gasteiger partial charge in [0.25, 0.3) is 0 Å². The maximum Gasteiger partial charge on any atom is 0.338 e. The van der Waals surface area contributed by atoms with Gasteiger partial charge in [-0.05, 0) is 59.5 Å². The van der Waals surface area contributed by atoms with Gasteiger partial charge in [0.2, 0.25) is 5.91 Å². The normalized spacial score (nSPS) is 10.9. The summed E-state index contributed by atoms with van der Waals surface area (Å²) in [4.78, 5) is 24.1. The van der Waals surface area contributed by atoms with E-state index < -0.39 is 0 Å². The molecule has 0 saturated carbocycles. The van der Waals surface area contributed by atoms with Gasteiger partial charge in [-0.2, -0.15) is 5.10 Å². The van der Waals surface area contributed by atoms with Crippen LogP contribution in [0.15, 0.2) is 77.9 Å². The Morgan fingerprint density at radius 1 is 1.00 bits per heavy atom. The molecule has 0 bridgehead atoms. The molecule has 3 aromatic carbocycles. The highest BCUT2D eigenvalue weighted by molar-refractivity contribution is 5.89. The highest BCUT2D eigenvalue weighted by Gasteiger charge is 2.10. The monoisotopic (exact) mass is 474 g/mol. The molecule has 7 nitrogen and oxygen atoms in total. The van der Waals surface area contributed by atoms with E-state index in [1.165, 1.54) is 0 Å². The summed E-state index contributed by atoms with van der Waals surface area (Å²) in [7, 11) is 1.59. The molecule has 0 radical (unpaired) electrons. The molecule has 0 unspecified atom stereocenters. The van der Waals surface area contributed by atoms with Crippen LogP contribution in [-0.2, 0) is 22.6 Å². The second-order valence-electron chi connectivity index (χ2n) is 8.33. The molecular formula is C28H30N2O5. The zero-order valence-electron chi connectivity index (χ0n) is 20.2. The van der Waals surface area contributed by atoms with E-state index in [4.69, 9.17) is 14.2 Å². The van der Waals surface area contributed by atoms with Gasteiger partial charge in [-0.25, -0.2) is 10.2 Å². The van der Waals surface area contributed by atoms with Crippen LogP contribution < -0.4 is 14.9 Å². The van der Waals surface area contributed by atoms with Crippen molar-refractivity contribution in [1.29, 1.82) is 0 Å². The SMILES string of the molecule is COc1ccc(/C=N/NC(=O)Cc2ccccc2)cc1COc1ccc(C(=O)OCC(C)C)cc1. The van der Waals surface area contributed by atoms with Gasteiger partial charge < -0.3 is 14.2 Å². The Morgan fingerprint density at radius 2 is 1.74 bits per heavy atom. The number of methoxy groups -OCH3 is 1. The number of carbonyl (C=O) groups excluding carboxylic acids is 2. The first-order valence-electron chi connectivity index (χ1n) is 11.4. The molecule has 0 atom stereocenters. The fraction of sp³-hybridized carbons (Fsp3) is 0.250. The maximum absolute atomic E-state index is 12.1. The second-order valence-corrected chi connectivity index (χ2v) is 8.33. The highest BCUT2D eigenvalue weighted by atomic mass is 16.5. The minimum Gasteiger partial charge on any atom is -0.496 e. The largest absolute Gasteiger partial charge is 0.496 e. The molecule has 0 aliphatic heterocycles. The third-order valence-electron chi connectivity index (χ3n) is 4.95. The van der Waals surface area contributed by atoms with E-state index in [0.29, 0.717) is 23.7 Å². The van der Waals surface area contributed by atoms with Crippen LogP contribution in [0.1, 0.15) is 40.9 Å². The average molecular weight is 475 g/mol. The number of nitrogens with zero attached hydrogens (tertiary/aromatic N) is 1. The third kappa shape index (κ3) is 8.30. The van der Waals surface area contributed by atoms with Gasteiger partial charge in [0.05, 0.1) is 31.9 Å². The van der Waals surface area contributed by atoms with Gasteiger partial charge in [-0.3, -0.25) is 4.79 Å². The molecule has 0 spiro atoms. The van der Waals surface area contributed by atoms with Gasteiger partial charge in [0.1, 0.15) is 18.1 Å². The summed E-state index contributed by atoms with van der Waals surface area (Å²) >= 11 is 0. The molecule has 1 N–H and O–H groups in total. The van der Waals surface area contributed by atoms with E-state index in [-0.39, 0.29) is 30.8 Å². The van der Waals surface area contributed by atoms with Gasteiger partial charge in [-0.1, -0.05) is 44.2 Å². The van der Waals surface area contributed by atoms with Crippen LogP contribution in [0.3, 0.4) is 0 Å². The molecule has 35 heavy (non-hydrogen) atoms. The molecule has 182 valence electrons. The highest BCUT2D eigenvalue weighted by Crippen LogP contribution is 2.22. The average Bonchev–Trinajstić information content (AvgIpc) is 2.87. The topological polar surface area (TPSA) is 86.2 Å². The number of carbonyl (C=O) groups is 2. The minimum atomic E-state index is -0.352. The smallest absolute Gasteiger partial charge is 0.338 e. The molecule has 0 heterocycles. The lowest BCUT2D eigenvalue weighted by atomic mass is 10.1. The lowest BCUT2D eigenvalue weighted by molar-refractivity contribution is -0.120. The van der Waals surface area contributed by atoms with E-state index in [0.717, 1.165) is 16.7 Å². The lowest BCUT2D eigenvalue weighted by Gasteiger charge is -2.12. The summed E-state index contributed by atoms with van der Waals surface area (Å²) in [5.41, 5.74) is 5.54. The first-order chi connectivity index (χ1) is 16.9. The molecule has 0 aromatic heterocycles. The Hall–Kier alpha value is -4.13. The summed E-state index contributed by atoms with van der Waals surface area (Å²) in [6.07, 6.45) is 1.83. The molecule has 0 aliphatic carbocycles. The Morgan fingerprint density at radius 3 is 2.43 bits per heavy atom. The van der Waals surface area contributed by atoms with Crippen molar-refractivity contribution in [3.8, 4) is 11.5 Å². The number of hydrazone groups is 1. The van der Waals surface area contributed by atoms with Crippen LogP contribution in [0.2, 0.25) is 0 Å². The number of benzene rings is 3. The quantitative estimate of drug-likeness (QED) is 0.246. The number of rotatable bonds is 11. The van der Waals surface area contributed by atoms with Crippen molar-refractivity contribution >= 4 is 18.1 Å². The Bertz CT molecular complexity index is 1140. The van der Waals surface area contributed by atoms with Crippen LogP contribution in [0.4, 0.5) is 0 Å². The zero-order chi connectivity index (χ0) is 25.0. The maximum atomic E-state index is 12.1. The molecule has 3 rings (SSSR count). The van der Waals surface area contributed by atoms with Crippen molar-refractivity contribution in [3.63, 3.8) is 0 Å². The van der Waals surface area contributed by atoms with Crippen molar-refractivity contribution < 1.29 is 23.8 Å². The molecule has 1 amide bonds. The Kier molecular flexibility index (Phi) is 9.42. The number of hydrogen-bond donors (Lipinski definition) is 1. The first kappa shape index (κ1) is 25.5. The fourth-order valence-electron chi connectivity index (χ4n) is 3.17. The van der Waals surface area contributed by atoms with E-state index in [9.17, 15) is 9.59 Å². The van der Waals surface area contributed by atoms with Gasteiger partial charge in [0, 0.05) is 5.56 Å². The number of nitrogens with one attached hydrogen (secondary N) is 1. The summed E-state index contributed by atoms with van der Waals surface area (Å²) in [5, 5.41) is 4.05. The van der Waals surface area contributed by atoms with Gasteiger partial charge in [0.15, 0.2) is 0 Å². The summed E-state index contributed by atoms with van der Waals surface area (Å²) in [6.45, 7) is 4.61. The molecule has 3 aromatic rings. The Balaban J connectivity index is 1.57. The van der Waals surface area contributed by atoms with Crippen molar-refractivity contribution in [1.82, 2.24) is 5.43 Å². The van der Waals surface area contributed by atoms with Gasteiger partial charge in [-0.15, -0.1) is 0 Å².